The summed E-state index contributed by atoms with van der Waals surface area (Å²) in [6.45, 7) is 2.85. The van der Waals surface area contributed by atoms with Crippen molar-refractivity contribution in [3.05, 3.63) is 54.1 Å². The summed E-state index contributed by atoms with van der Waals surface area (Å²) in [5.74, 6) is 0.795. The van der Waals surface area contributed by atoms with Gasteiger partial charge in [-0.25, -0.2) is 0 Å². The zero-order valence-corrected chi connectivity index (χ0v) is 15.1. The molecule has 24 heavy (non-hydrogen) atoms. The molecule has 0 aliphatic heterocycles. The van der Waals surface area contributed by atoms with Gasteiger partial charge in [0.1, 0.15) is 5.75 Å². The Bertz CT molecular complexity index is 520. The van der Waals surface area contributed by atoms with E-state index in [-0.39, 0.29) is 5.91 Å². The molecule has 132 valence electrons. The highest BCUT2D eigenvalue weighted by Gasteiger charge is 1.97. The van der Waals surface area contributed by atoms with Crippen LogP contribution in [0.5, 0.6) is 5.75 Å². The van der Waals surface area contributed by atoms with Crippen molar-refractivity contribution in [2.24, 2.45) is 0 Å². The van der Waals surface area contributed by atoms with Crippen LogP contribution in [-0.2, 0) is 11.2 Å². The molecule has 3 nitrogen and oxygen atoms in total. The predicted molar refractivity (Wildman–Crippen MR) is 101 cm³/mol. The van der Waals surface area contributed by atoms with Crippen molar-refractivity contribution in [2.45, 2.75) is 51.9 Å². The van der Waals surface area contributed by atoms with Gasteiger partial charge in [-0.1, -0.05) is 63.0 Å². The smallest absolute Gasteiger partial charge is 0.243 e. The maximum absolute atomic E-state index is 11.7. The Morgan fingerprint density at radius 2 is 2.00 bits per heavy atom. The SMILES string of the molecule is CCCCCCC/C=C/C=C/C(=O)NCCc1cccc(OC)c1. The highest BCUT2D eigenvalue weighted by Crippen LogP contribution is 2.12. The van der Waals surface area contributed by atoms with E-state index in [9.17, 15) is 4.79 Å². The molecule has 0 saturated carbocycles. The maximum Gasteiger partial charge on any atom is 0.243 e. The van der Waals surface area contributed by atoms with E-state index in [1.165, 1.54) is 32.1 Å². The lowest BCUT2D eigenvalue weighted by atomic mass is 10.1. The lowest BCUT2D eigenvalue weighted by Gasteiger charge is -2.05. The molecule has 0 spiro atoms. The Balaban J connectivity index is 2.12. The monoisotopic (exact) mass is 329 g/mol. The van der Waals surface area contributed by atoms with E-state index in [0.29, 0.717) is 6.54 Å². The normalized spacial score (nSPS) is 11.2. The van der Waals surface area contributed by atoms with E-state index in [1.807, 2.05) is 36.4 Å². The molecule has 0 bridgehead atoms. The number of carbonyl (C=O) groups excluding carboxylic acids is 1. The molecule has 0 fully saturated rings. The van der Waals surface area contributed by atoms with E-state index in [0.717, 1.165) is 24.2 Å². The quantitative estimate of drug-likeness (QED) is 0.339. The molecule has 1 amide bonds. The third-order valence-electron chi connectivity index (χ3n) is 3.82. The lowest BCUT2D eigenvalue weighted by Crippen LogP contribution is -2.23. The van der Waals surface area contributed by atoms with Crippen LogP contribution in [0.25, 0.3) is 0 Å². The number of unbranched alkanes of at least 4 members (excludes halogenated alkanes) is 5. The number of hydrogen-bond acceptors (Lipinski definition) is 2. The Morgan fingerprint density at radius 1 is 1.17 bits per heavy atom. The first-order chi connectivity index (χ1) is 11.8. The van der Waals surface area contributed by atoms with E-state index >= 15 is 0 Å². The first-order valence-electron chi connectivity index (χ1n) is 9.00. The molecule has 1 aromatic rings. The molecule has 1 N–H and O–H groups in total. The van der Waals surface area contributed by atoms with Crippen LogP contribution in [0.3, 0.4) is 0 Å². The molecule has 3 heteroatoms. The van der Waals surface area contributed by atoms with Gasteiger partial charge in [0.25, 0.3) is 0 Å². The van der Waals surface area contributed by atoms with Crippen LogP contribution in [0.15, 0.2) is 48.6 Å². The van der Waals surface area contributed by atoms with Crippen molar-refractivity contribution in [1.29, 1.82) is 0 Å². The van der Waals surface area contributed by atoms with Gasteiger partial charge in [0.2, 0.25) is 5.91 Å². The van der Waals surface area contributed by atoms with Crippen LogP contribution in [0, 0.1) is 0 Å². The van der Waals surface area contributed by atoms with E-state index in [2.05, 4.69) is 18.3 Å². The average molecular weight is 329 g/mol. The van der Waals surface area contributed by atoms with Crippen molar-refractivity contribution in [3.63, 3.8) is 0 Å². The molecule has 1 rings (SSSR count). The summed E-state index contributed by atoms with van der Waals surface area (Å²) in [6.07, 6.45) is 15.8. The molecule has 1 aromatic carbocycles. The molecule has 0 aliphatic rings. The van der Waals surface area contributed by atoms with Gasteiger partial charge >= 0.3 is 0 Å². The number of ether oxygens (including phenoxy) is 1. The van der Waals surface area contributed by atoms with Crippen molar-refractivity contribution in [3.8, 4) is 5.75 Å². The van der Waals surface area contributed by atoms with Crippen LogP contribution in [0.4, 0.5) is 0 Å². The van der Waals surface area contributed by atoms with Gasteiger partial charge in [0.15, 0.2) is 0 Å². The average Bonchev–Trinajstić information content (AvgIpc) is 2.60. The molecule has 0 unspecified atom stereocenters. The van der Waals surface area contributed by atoms with Crippen LogP contribution in [-0.4, -0.2) is 19.6 Å². The second-order valence-corrected chi connectivity index (χ2v) is 5.88. The third kappa shape index (κ3) is 9.88. The largest absolute Gasteiger partial charge is 0.497 e. The van der Waals surface area contributed by atoms with Crippen molar-refractivity contribution >= 4 is 5.91 Å². The van der Waals surface area contributed by atoms with E-state index in [4.69, 9.17) is 4.74 Å². The molecule has 0 saturated heterocycles. The van der Waals surface area contributed by atoms with Crippen molar-refractivity contribution in [1.82, 2.24) is 5.32 Å². The molecule has 0 aliphatic carbocycles. The number of carbonyl (C=O) groups is 1. The van der Waals surface area contributed by atoms with Gasteiger partial charge < -0.3 is 10.1 Å². The zero-order valence-electron chi connectivity index (χ0n) is 15.1. The highest BCUT2D eigenvalue weighted by molar-refractivity contribution is 5.87. The second-order valence-electron chi connectivity index (χ2n) is 5.88. The Labute approximate surface area is 146 Å². The van der Waals surface area contributed by atoms with Crippen LogP contribution in [0.1, 0.15) is 51.0 Å². The number of amides is 1. The summed E-state index contributed by atoms with van der Waals surface area (Å²) in [7, 11) is 1.66. The van der Waals surface area contributed by atoms with Gasteiger partial charge in [-0.3, -0.25) is 4.79 Å². The topological polar surface area (TPSA) is 38.3 Å². The summed E-state index contributed by atoms with van der Waals surface area (Å²) in [6, 6.07) is 7.91. The van der Waals surface area contributed by atoms with E-state index < -0.39 is 0 Å². The fourth-order valence-corrected chi connectivity index (χ4v) is 2.40. The summed E-state index contributed by atoms with van der Waals surface area (Å²) in [4.78, 5) is 11.7. The minimum Gasteiger partial charge on any atom is -0.497 e. The van der Waals surface area contributed by atoms with Crippen molar-refractivity contribution < 1.29 is 9.53 Å². The lowest BCUT2D eigenvalue weighted by molar-refractivity contribution is -0.116. The number of methoxy groups -OCH3 is 1. The number of rotatable bonds is 12. The highest BCUT2D eigenvalue weighted by atomic mass is 16.5. The van der Waals surface area contributed by atoms with Crippen LogP contribution >= 0.6 is 0 Å². The molecule has 0 heterocycles. The number of hydrogen-bond donors (Lipinski definition) is 1. The fourth-order valence-electron chi connectivity index (χ4n) is 2.40. The summed E-state index contributed by atoms with van der Waals surface area (Å²) >= 11 is 0. The standard InChI is InChI=1S/C21H31NO2/c1-3-4-5-6-7-8-9-10-11-15-21(23)22-17-16-19-13-12-14-20(18-19)24-2/h9-15,18H,3-8,16-17H2,1-2H3,(H,22,23)/b10-9+,15-11+. The summed E-state index contributed by atoms with van der Waals surface area (Å²) < 4.78 is 5.19. The molecule has 0 radical (unpaired) electrons. The van der Waals surface area contributed by atoms with Gasteiger partial charge in [0.05, 0.1) is 7.11 Å². The fraction of sp³-hybridized carbons (Fsp3) is 0.476. The molecule has 0 atom stereocenters. The minimum absolute atomic E-state index is 0.0505. The van der Waals surface area contributed by atoms with Crippen molar-refractivity contribution in [2.75, 3.05) is 13.7 Å². The van der Waals surface area contributed by atoms with E-state index in [1.54, 1.807) is 13.2 Å². The summed E-state index contributed by atoms with van der Waals surface area (Å²) in [5, 5.41) is 2.89. The van der Waals surface area contributed by atoms with Gasteiger partial charge in [-0.05, 0) is 37.0 Å². The van der Waals surface area contributed by atoms with Crippen LogP contribution in [0.2, 0.25) is 0 Å². The number of benzene rings is 1. The Morgan fingerprint density at radius 3 is 2.79 bits per heavy atom. The number of nitrogens with one attached hydrogen (secondary N) is 1. The molecular formula is C21H31NO2. The zero-order chi connectivity index (χ0) is 17.5. The first kappa shape index (κ1) is 20.0. The van der Waals surface area contributed by atoms with Gasteiger partial charge in [0, 0.05) is 12.6 Å². The Kier molecular flexibility index (Phi) is 11.2. The van der Waals surface area contributed by atoms with Crippen LogP contribution < -0.4 is 10.1 Å². The minimum atomic E-state index is -0.0505. The summed E-state index contributed by atoms with van der Waals surface area (Å²) in [5.41, 5.74) is 1.15. The first-order valence-corrected chi connectivity index (χ1v) is 9.00. The van der Waals surface area contributed by atoms with Gasteiger partial charge in [-0.2, -0.15) is 0 Å². The number of allylic oxidation sites excluding steroid dienone is 3. The third-order valence-corrected chi connectivity index (χ3v) is 3.82. The molecular weight excluding hydrogens is 298 g/mol. The Hall–Kier alpha value is -2.03. The van der Waals surface area contributed by atoms with Gasteiger partial charge in [-0.15, -0.1) is 0 Å². The maximum atomic E-state index is 11.7. The molecule has 0 aromatic heterocycles. The predicted octanol–water partition coefficient (Wildman–Crippen LogP) is 4.83. The second kappa shape index (κ2) is 13.4.